The van der Waals surface area contributed by atoms with Crippen LogP contribution in [0.5, 0.6) is 0 Å². The van der Waals surface area contributed by atoms with Crippen LogP contribution < -0.4 is 11.1 Å². The van der Waals surface area contributed by atoms with Crippen LogP contribution in [0.25, 0.3) is 0 Å². The van der Waals surface area contributed by atoms with Gasteiger partial charge in [0.2, 0.25) is 0 Å². The summed E-state index contributed by atoms with van der Waals surface area (Å²) in [5.41, 5.74) is 5.66. The number of hydrogen-bond acceptors (Lipinski definition) is 4. The number of piperidine rings is 1. The van der Waals surface area contributed by atoms with Crippen LogP contribution in [0.1, 0.15) is 19.3 Å². The van der Waals surface area contributed by atoms with Crippen LogP contribution in [0.3, 0.4) is 0 Å². The van der Waals surface area contributed by atoms with Crippen molar-refractivity contribution in [2.24, 2.45) is 11.7 Å². The third-order valence-corrected chi connectivity index (χ3v) is 2.55. The third-order valence-electron chi connectivity index (χ3n) is 2.55. The minimum absolute atomic E-state index is 0.293. The van der Waals surface area contributed by atoms with Crippen molar-refractivity contribution in [1.82, 2.24) is 5.32 Å². The standard InChI is InChI=1S/C9H18N2O2/c1-13-9(12)8(10)6-7-2-4-11-5-3-7/h7-8,11H,2-6,10H2,1H3/t8-/m0/s1. The highest BCUT2D eigenvalue weighted by molar-refractivity contribution is 5.75. The highest BCUT2D eigenvalue weighted by Crippen LogP contribution is 2.17. The monoisotopic (exact) mass is 186 g/mol. The molecule has 13 heavy (non-hydrogen) atoms. The van der Waals surface area contributed by atoms with E-state index in [1.54, 1.807) is 0 Å². The van der Waals surface area contributed by atoms with Crippen molar-refractivity contribution in [2.45, 2.75) is 25.3 Å². The fourth-order valence-corrected chi connectivity index (χ4v) is 1.72. The molecule has 0 amide bonds. The average Bonchev–Trinajstić information content (AvgIpc) is 2.18. The average molecular weight is 186 g/mol. The van der Waals surface area contributed by atoms with E-state index in [9.17, 15) is 4.79 Å². The Morgan fingerprint density at radius 2 is 2.23 bits per heavy atom. The Morgan fingerprint density at radius 3 is 2.77 bits per heavy atom. The van der Waals surface area contributed by atoms with Gasteiger partial charge < -0.3 is 15.8 Å². The molecule has 0 aromatic carbocycles. The lowest BCUT2D eigenvalue weighted by Gasteiger charge is -2.24. The molecule has 0 spiro atoms. The summed E-state index contributed by atoms with van der Waals surface area (Å²) >= 11 is 0. The summed E-state index contributed by atoms with van der Waals surface area (Å²) in [4.78, 5) is 11.0. The first kappa shape index (κ1) is 10.5. The van der Waals surface area contributed by atoms with Gasteiger partial charge in [0.1, 0.15) is 6.04 Å². The molecule has 1 saturated heterocycles. The van der Waals surface area contributed by atoms with Gasteiger partial charge in [-0.2, -0.15) is 0 Å². The summed E-state index contributed by atoms with van der Waals surface area (Å²) in [5.74, 6) is 0.286. The van der Waals surface area contributed by atoms with Gasteiger partial charge in [-0.1, -0.05) is 0 Å². The molecule has 1 aliphatic heterocycles. The van der Waals surface area contributed by atoms with E-state index in [0.717, 1.165) is 32.4 Å². The number of ether oxygens (including phenoxy) is 1. The first-order valence-electron chi connectivity index (χ1n) is 4.78. The fraction of sp³-hybridized carbons (Fsp3) is 0.889. The summed E-state index contributed by atoms with van der Waals surface area (Å²) < 4.78 is 4.57. The van der Waals surface area contributed by atoms with Gasteiger partial charge in [-0.25, -0.2) is 0 Å². The molecule has 0 radical (unpaired) electrons. The Hall–Kier alpha value is -0.610. The Morgan fingerprint density at radius 1 is 1.62 bits per heavy atom. The van der Waals surface area contributed by atoms with Gasteiger partial charge in [0.25, 0.3) is 0 Å². The van der Waals surface area contributed by atoms with Crippen molar-refractivity contribution in [3.05, 3.63) is 0 Å². The predicted octanol–water partition coefficient (Wildman–Crippen LogP) is -0.124. The first-order valence-corrected chi connectivity index (χ1v) is 4.78. The summed E-state index contributed by atoms with van der Waals surface area (Å²) in [7, 11) is 1.38. The zero-order chi connectivity index (χ0) is 9.68. The number of nitrogens with one attached hydrogen (secondary N) is 1. The molecule has 1 aliphatic rings. The quantitative estimate of drug-likeness (QED) is 0.603. The summed E-state index contributed by atoms with van der Waals surface area (Å²) in [6.45, 7) is 2.08. The molecule has 0 aromatic heterocycles. The van der Waals surface area contributed by atoms with E-state index in [1.807, 2.05) is 0 Å². The molecule has 0 aliphatic carbocycles. The van der Waals surface area contributed by atoms with Crippen LogP contribution in [0.4, 0.5) is 0 Å². The van der Waals surface area contributed by atoms with Crippen LogP contribution in [0.15, 0.2) is 0 Å². The van der Waals surface area contributed by atoms with Gasteiger partial charge in [0, 0.05) is 0 Å². The number of carbonyl (C=O) groups is 1. The minimum Gasteiger partial charge on any atom is -0.468 e. The molecule has 4 heteroatoms. The van der Waals surface area contributed by atoms with Crippen molar-refractivity contribution >= 4 is 5.97 Å². The molecule has 1 fully saturated rings. The van der Waals surface area contributed by atoms with E-state index >= 15 is 0 Å². The SMILES string of the molecule is COC(=O)[C@@H](N)CC1CCNCC1. The Bertz CT molecular complexity index is 167. The molecule has 0 unspecified atom stereocenters. The molecule has 0 saturated carbocycles. The molecular weight excluding hydrogens is 168 g/mol. The van der Waals surface area contributed by atoms with Gasteiger partial charge >= 0.3 is 5.97 Å². The van der Waals surface area contributed by atoms with Crippen molar-refractivity contribution in [1.29, 1.82) is 0 Å². The number of methoxy groups -OCH3 is 1. The Kier molecular flexibility index (Phi) is 4.18. The highest BCUT2D eigenvalue weighted by atomic mass is 16.5. The van der Waals surface area contributed by atoms with E-state index in [2.05, 4.69) is 10.1 Å². The lowest BCUT2D eigenvalue weighted by molar-refractivity contribution is -0.142. The lowest BCUT2D eigenvalue weighted by Crippen LogP contribution is -2.37. The predicted molar refractivity (Wildman–Crippen MR) is 50.2 cm³/mol. The van der Waals surface area contributed by atoms with Crippen LogP contribution in [0.2, 0.25) is 0 Å². The number of rotatable bonds is 3. The molecule has 76 valence electrons. The van der Waals surface area contributed by atoms with Crippen LogP contribution in [0, 0.1) is 5.92 Å². The zero-order valence-electron chi connectivity index (χ0n) is 8.08. The summed E-state index contributed by atoms with van der Waals surface area (Å²) in [6, 6.07) is -0.437. The van der Waals surface area contributed by atoms with Crippen LogP contribution in [-0.4, -0.2) is 32.2 Å². The van der Waals surface area contributed by atoms with Gasteiger partial charge in [-0.3, -0.25) is 4.79 Å². The third kappa shape index (κ3) is 3.32. The second-order valence-electron chi connectivity index (χ2n) is 3.56. The van der Waals surface area contributed by atoms with E-state index in [-0.39, 0.29) is 5.97 Å². The topological polar surface area (TPSA) is 64.3 Å². The normalized spacial score (nSPS) is 21.1. The van der Waals surface area contributed by atoms with Crippen molar-refractivity contribution < 1.29 is 9.53 Å². The maximum atomic E-state index is 11.0. The number of nitrogens with two attached hydrogens (primary N) is 1. The van der Waals surface area contributed by atoms with E-state index in [4.69, 9.17) is 5.73 Å². The second kappa shape index (κ2) is 5.19. The smallest absolute Gasteiger partial charge is 0.322 e. The maximum absolute atomic E-state index is 11.0. The highest BCUT2D eigenvalue weighted by Gasteiger charge is 2.21. The summed E-state index contributed by atoms with van der Waals surface area (Å²) in [6.07, 6.45) is 2.99. The fourth-order valence-electron chi connectivity index (χ4n) is 1.72. The van der Waals surface area contributed by atoms with Gasteiger partial charge in [-0.15, -0.1) is 0 Å². The minimum atomic E-state index is -0.437. The molecular formula is C9H18N2O2. The second-order valence-corrected chi connectivity index (χ2v) is 3.56. The van der Waals surface area contributed by atoms with E-state index in [0.29, 0.717) is 5.92 Å². The molecule has 1 rings (SSSR count). The maximum Gasteiger partial charge on any atom is 0.322 e. The first-order chi connectivity index (χ1) is 6.24. The molecule has 1 atom stereocenters. The van der Waals surface area contributed by atoms with Gasteiger partial charge in [0.05, 0.1) is 7.11 Å². The zero-order valence-corrected chi connectivity index (χ0v) is 8.08. The van der Waals surface area contributed by atoms with Crippen LogP contribution >= 0.6 is 0 Å². The van der Waals surface area contributed by atoms with Crippen molar-refractivity contribution in [2.75, 3.05) is 20.2 Å². The molecule has 0 aromatic rings. The molecule has 4 nitrogen and oxygen atoms in total. The number of carbonyl (C=O) groups excluding carboxylic acids is 1. The Balaban J connectivity index is 2.25. The number of esters is 1. The molecule has 1 heterocycles. The van der Waals surface area contributed by atoms with E-state index in [1.165, 1.54) is 7.11 Å². The Labute approximate surface area is 78.8 Å². The van der Waals surface area contributed by atoms with Crippen molar-refractivity contribution in [3.63, 3.8) is 0 Å². The lowest BCUT2D eigenvalue weighted by atomic mass is 9.91. The van der Waals surface area contributed by atoms with Crippen LogP contribution in [-0.2, 0) is 9.53 Å². The molecule has 0 bridgehead atoms. The molecule has 3 N–H and O–H groups in total. The summed E-state index contributed by atoms with van der Waals surface area (Å²) in [5, 5.41) is 3.27. The van der Waals surface area contributed by atoms with E-state index < -0.39 is 6.04 Å². The number of hydrogen-bond donors (Lipinski definition) is 2. The van der Waals surface area contributed by atoms with Gasteiger partial charge in [-0.05, 0) is 38.3 Å². The van der Waals surface area contributed by atoms with Crippen molar-refractivity contribution in [3.8, 4) is 0 Å². The van der Waals surface area contributed by atoms with Gasteiger partial charge in [0.15, 0.2) is 0 Å². The largest absolute Gasteiger partial charge is 0.468 e.